The van der Waals surface area contributed by atoms with Crippen LogP contribution in [0.3, 0.4) is 0 Å². The van der Waals surface area contributed by atoms with Gasteiger partial charge in [-0.2, -0.15) is 0 Å². The van der Waals surface area contributed by atoms with Crippen LogP contribution in [-0.4, -0.2) is 19.2 Å². The third kappa shape index (κ3) is 1.95. The fourth-order valence-electron chi connectivity index (χ4n) is 3.47. The molecule has 0 bridgehead atoms. The Morgan fingerprint density at radius 3 is 2.39 bits per heavy atom. The molecule has 0 unspecified atom stereocenters. The Bertz CT molecular complexity index is 972. The first-order valence-electron chi connectivity index (χ1n) is 7.62. The predicted octanol–water partition coefficient (Wildman–Crippen LogP) is 3.31. The van der Waals surface area contributed by atoms with E-state index in [-0.39, 0.29) is 5.43 Å². The smallest absolute Gasteiger partial charge is 0.193 e. The van der Waals surface area contributed by atoms with E-state index in [1.54, 1.807) is 14.2 Å². The van der Waals surface area contributed by atoms with Gasteiger partial charge in [-0.1, -0.05) is 12.1 Å². The molecule has 0 fully saturated rings. The highest BCUT2D eigenvalue weighted by Crippen LogP contribution is 2.42. The summed E-state index contributed by atoms with van der Waals surface area (Å²) in [7, 11) is 3.32. The van der Waals surface area contributed by atoms with Gasteiger partial charge in [-0.05, 0) is 37.1 Å². The van der Waals surface area contributed by atoms with Crippen molar-refractivity contribution in [1.82, 2.24) is 4.98 Å². The Balaban J connectivity index is 2.12. The third-order valence-corrected chi connectivity index (χ3v) is 4.55. The molecule has 1 aliphatic rings. The summed E-state index contributed by atoms with van der Waals surface area (Å²) in [5, 5.41) is 0.733. The van der Waals surface area contributed by atoms with Crippen molar-refractivity contribution in [3.05, 3.63) is 57.7 Å². The Labute approximate surface area is 133 Å². The number of aromatic amines is 1. The summed E-state index contributed by atoms with van der Waals surface area (Å²) in [6, 6.07) is 11.4. The van der Waals surface area contributed by atoms with Crippen LogP contribution < -0.4 is 14.9 Å². The summed E-state index contributed by atoms with van der Waals surface area (Å²) in [6.07, 6.45) is 1.47. The molecule has 2 aromatic carbocycles. The molecular weight excluding hydrogens is 290 g/mol. The van der Waals surface area contributed by atoms with E-state index in [9.17, 15) is 4.79 Å². The average molecular weight is 307 g/mol. The number of pyridine rings is 1. The summed E-state index contributed by atoms with van der Waals surface area (Å²) in [6.45, 7) is 0. The highest BCUT2D eigenvalue weighted by Gasteiger charge is 2.26. The molecule has 0 saturated heterocycles. The zero-order valence-electron chi connectivity index (χ0n) is 13.1. The lowest BCUT2D eigenvalue weighted by molar-refractivity contribution is 0.399. The fourth-order valence-corrected chi connectivity index (χ4v) is 3.47. The summed E-state index contributed by atoms with van der Waals surface area (Å²) in [5.74, 6) is 1.59. The van der Waals surface area contributed by atoms with E-state index in [0.29, 0.717) is 6.42 Å². The molecule has 3 aromatic rings. The van der Waals surface area contributed by atoms with Gasteiger partial charge in [0, 0.05) is 27.6 Å². The number of aromatic nitrogens is 1. The molecule has 4 rings (SSSR count). The Kier molecular flexibility index (Phi) is 3.11. The normalized spacial score (nSPS) is 12.6. The van der Waals surface area contributed by atoms with Crippen molar-refractivity contribution in [3.63, 3.8) is 0 Å². The van der Waals surface area contributed by atoms with E-state index in [1.807, 2.05) is 36.4 Å². The molecule has 0 spiro atoms. The van der Waals surface area contributed by atoms with Crippen molar-refractivity contribution in [2.24, 2.45) is 0 Å². The molecule has 0 atom stereocenters. The maximum Gasteiger partial charge on any atom is 0.193 e. The molecule has 4 heteroatoms. The minimum atomic E-state index is 0.102. The van der Waals surface area contributed by atoms with Crippen LogP contribution in [0.25, 0.3) is 22.2 Å². The second-order valence-electron chi connectivity index (χ2n) is 5.68. The van der Waals surface area contributed by atoms with Crippen molar-refractivity contribution in [3.8, 4) is 22.8 Å². The maximum atomic E-state index is 12.8. The largest absolute Gasteiger partial charge is 0.496 e. The molecule has 0 radical (unpaired) electrons. The topological polar surface area (TPSA) is 51.3 Å². The van der Waals surface area contributed by atoms with Gasteiger partial charge in [-0.3, -0.25) is 4.79 Å². The van der Waals surface area contributed by atoms with Crippen LogP contribution in [-0.2, 0) is 12.8 Å². The zero-order valence-corrected chi connectivity index (χ0v) is 13.1. The van der Waals surface area contributed by atoms with Crippen molar-refractivity contribution < 1.29 is 9.47 Å². The van der Waals surface area contributed by atoms with E-state index >= 15 is 0 Å². The van der Waals surface area contributed by atoms with Crippen molar-refractivity contribution >= 4 is 10.9 Å². The molecule has 1 heterocycles. The lowest BCUT2D eigenvalue weighted by Gasteiger charge is -2.24. The molecular formula is C19H17NO3. The van der Waals surface area contributed by atoms with Gasteiger partial charge in [0.05, 0.1) is 19.9 Å². The summed E-state index contributed by atoms with van der Waals surface area (Å²) in [4.78, 5) is 16.3. The van der Waals surface area contributed by atoms with Gasteiger partial charge < -0.3 is 14.5 Å². The van der Waals surface area contributed by atoms with E-state index in [2.05, 4.69) is 4.98 Å². The van der Waals surface area contributed by atoms with Crippen molar-refractivity contribution in [1.29, 1.82) is 0 Å². The quantitative estimate of drug-likeness (QED) is 0.790. The number of H-pyrrole nitrogens is 1. The highest BCUT2D eigenvalue weighted by molar-refractivity contribution is 5.86. The predicted molar refractivity (Wildman–Crippen MR) is 90.5 cm³/mol. The van der Waals surface area contributed by atoms with Crippen LogP contribution in [0.5, 0.6) is 11.5 Å². The number of rotatable bonds is 2. The molecule has 1 N–H and O–H groups in total. The second-order valence-corrected chi connectivity index (χ2v) is 5.68. The highest BCUT2D eigenvalue weighted by atomic mass is 16.5. The average Bonchev–Trinajstić information content (AvgIpc) is 2.60. The first kappa shape index (κ1) is 13.9. The molecule has 0 saturated carbocycles. The lowest BCUT2D eigenvalue weighted by Crippen LogP contribution is -2.18. The number of hydrogen-bond acceptors (Lipinski definition) is 3. The molecule has 23 heavy (non-hydrogen) atoms. The number of methoxy groups -OCH3 is 2. The van der Waals surface area contributed by atoms with Gasteiger partial charge in [0.25, 0.3) is 0 Å². The van der Waals surface area contributed by atoms with E-state index < -0.39 is 0 Å². The monoisotopic (exact) mass is 307 g/mol. The Morgan fingerprint density at radius 1 is 0.913 bits per heavy atom. The van der Waals surface area contributed by atoms with Gasteiger partial charge >= 0.3 is 0 Å². The van der Waals surface area contributed by atoms with Crippen LogP contribution >= 0.6 is 0 Å². The molecule has 4 nitrogen and oxygen atoms in total. The SMILES string of the molecule is COc1ccc(OC)c2c1CCc1c-2[nH]c2ccccc2c1=O. The summed E-state index contributed by atoms with van der Waals surface area (Å²) < 4.78 is 11.0. The van der Waals surface area contributed by atoms with Gasteiger partial charge in [-0.25, -0.2) is 0 Å². The van der Waals surface area contributed by atoms with E-state index in [4.69, 9.17) is 9.47 Å². The van der Waals surface area contributed by atoms with Crippen LogP contribution in [0.1, 0.15) is 11.1 Å². The number of nitrogens with one attached hydrogen (secondary N) is 1. The van der Waals surface area contributed by atoms with Crippen LogP contribution in [0, 0.1) is 0 Å². The Hall–Kier alpha value is -2.75. The van der Waals surface area contributed by atoms with Gasteiger partial charge in [0.1, 0.15) is 11.5 Å². The van der Waals surface area contributed by atoms with Crippen molar-refractivity contribution in [2.45, 2.75) is 12.8 Å². The second kappa shape index (κ2) is 5.16. The summed E-state index contributed by atoms with van der Waals surface area (Å²) in [5.41, 5.74) is 4.65. The minimum absolute atomic E-state index is 0.102. The first-order valence-corrected chi connectivity index (χ1v) is 7.62. The molecule has 1 aliphatic carbocycles. The summed E-state index contributed by atoms with van der Waals surface area (Å²) >= 11 is 0. The minimum Gasteiger partial charge on any atom is -0.496 e. The van der Waals surface area contributed by atoms with Gasteiger partial charge in [-0.15, -0.1) is 0 Å². The van der Waals surface area contributed by atoms with Crippen molar-refractivity contribution in [2.75, 3.05) is 14.2 Å². The fraction of sp³-hybridized carbons (Fsp3) is 0.211. The van der Waals surface area contributed by atoms with Gasteiger partial charge in [0.2, 0.25) is 0 Å². The number of para-hydroxylation sites is 1. The molecule has 116 valence electrons. The van der Waals surface area contributed by atoms with Crippen LogP contribution in [0.2, 0.25) is 0 Å². The third-order valence-electron chi connectivity index (χ3n) is 4.55. The maximum absolute atomic E-state index is 12.8. The Morgan fingerprint density at radius 2 is 1.61 bits per heavy atom. The molecule has 0 aliphatic heterocycles. The number of benzene rings is 2. The van der Waals surface area contributed by atoms with E-state index in [1.165, 1.54) is 0 Å². The zero-order chi connectivity index (χ0) is 16.0. The number of hydrogen-bond donors (Lipinski definition) is 1. The lowest BCUT2D eigenvalue weighted by atomic mass is 9.86. The molecule has 1 aromatic heterocycles. The van der Waals surface area contributed by atoms with Crippen LogP contribution in [0.15, 0.2) is 41.2 Å². The molecule has 0 amide bonds. The standard InChI is InChI=1S/C19H17NO3/c1-22-15-9-10-16(23-2)17-12(15)7-8-13-18(17)20-14-6-4-3-5-11(14)19(13)21/h3-6,9-10H,7-8H2,1-2H3,(H,20,21). The van der Waals surface area contributed by atoms with Crippen LogP contribution in [0.4, 0.5) is 0 Å². The van der Waals surface area contributed by atoms with E-state index in [0.717, 1.165) is 51.2 Å². The van der Waals surface area contributed by atoms with Gasteiger partial charge in [0.15, 0.2) is 5.43 Å². The number of ether oxygens (including phenoxy) is 2. The number of fused-ring (bicyclic) bond motifs is 4. The first-order chi connectivity index (χ1) is 11.2.